The number of aliphatic hydroxyl groups is 1. The third-order valence-electron chi connectivity index (χ3n) is 2.88. The first-order chi connectivity index (χ1) is 5.27. The second kappa shape index (κ2) is 2.73. The summed E-state index contributed by atoms with van der Waals surface area (Å²) in [6.45, 7) is 7.65. The van der Waals surface area contributed by atoms with Gasteiger partial charge in [0, 0.05) is 38.8 Å². The first-order valence-electron chi connectivity index (χ1n) is 4.42. The summed E-state index contributed by atoms with van der Waals surface area (Å²) in [5.74, 6) is 0. The number of fused-ring (bicyclic) bond motifs is 3. The molecule has 2 atom stereocenters. The highest BCUT2D eigenvalue weighted by molar-refractivity contribution is 4.90. The fourth-order valence-electron chi connectivity index (χ4n) is 2.12. The highest BCUT2D eigenvalue weighted by atomic mass is 16.3. The fourth-order valence-corrected chi connectivity index (χ4v) is 2.12. The van der Waals surface area contributed by atoms with Crippen LogP contribution in [-0.2, 0) is 0 Å². The minimum Gasteiger partial charge on any atom is -0.392 e. The van der Waals surface area contributed by atoms with Gasteiger partial charge in [-0.15, -0.1) is 0 Å². The average Bonchev–Trinajstić information content (AvgIpc) is 2.06. The first kappa shape index (κ1) is 7.53. The molecule has 3 aliphatic rings. The summed E-state index contributed by atoms with van der Waals surface area (Å²) >= 11 is 0. The van der Waals surface area contributed by atoms with Gasteiger partial charge in [-0.1, -0.05) is 0 Å². The van der Waals surface area contributed by atoms with Gasteiger partial charge in [0.25, 0.3) is 0 Å². The van der Waals surface area contributed by atoms with Crippen LogP contribution in [0.2, 0.25) is 0 Å². The van der Waals surface area contributed by atoms with Crippen molar-refractivity contribution in [3.63, 3.8) is 0 Å². The summed E-state index contributed by atoms with van der Waals surface area (Å²) in [4.78, 5) is 4.85. The third kappa shape index (κ3) is 1.28. The van der Waals surface area contributed by atoms with Crippen LogP contribution >= 0.6 is 0 Å². The van der Waals surface area contributed by atoms with Crippen LogP contribution in [0.3, 0.4) is 0 Å². The van der Waals surface area contributed by atoms with Crippen molar-refractivity contribution in [3.8, 4) is 0 Å². The summed E-state index contributed by atoms with van der Waals surface area (Å²) in [7, 11) is 0. The van der Waals surface area contributed by atoms with Crippen LogP contribution in [0.1, 0.15) is 6.92 Å². The zero-order valence-electron chi connectivity index (χ0n) is 7.03. The molecule has 1 N–H and O–H groups in total. The van der Waals surface area contributed by atoms with Crippen LogP contribution in [0.5, 0.6) is 0 Å². The monoisotopic (exact) mass is 156 g/mol. The van der Waals surface area contributed by atoms with Crippen LogP contribution in [0.25, 0.3) is 0 Å². The number of hydrogen-bond donors (Lipinski definition) is 1. The van der Waals surface area contributed by atoms with Crippen molar-refractivity contribution in [1.82, 2.24) is 9.80 Å². The van der Waals surface area contributed by atoms with E-state index in [-0.39, 0.29) is 6.10 Å². The Bertz CT molecular complexity index is 141. The normalized spacial score (nSPS) is 45.8. The molecule has 3 heteroatoms. The standard InChI is InChI=1S/C8H16N2O/c1-7(11)8-6-9-2-4-10(8)5-3-9/h7-8,11H,2-6H2,1H3. The summed E-state index contributed by atoms with van der Waals surface area (Å²) in [5, 5.41) is 9.43. The molecule has 2 unspecified atom stereocenters. The van der Waals surface area contributed by atoms with Gasteiger partial charge in [-0.25, -0.2) is 0 Å². The molecule has 0 aromatic heterocycles. The molecule has 0 aromatic carbocycles. The Labute approximate surface area is 67.6 Å². The minimum atomic E-state index is -0.168. The zero-order valence-corrected chi connectivity index (χ0v) is 7.03. The predicted molar refractivity (Wildman–Crippen MR) is 43.5 cm³/mol. The number of nitrogens with zero attached hydrogens (tertiary/aromatic N) is 2. The molecule has 0 aliphatic carbocycles. The summed E-state index contributed by atoms with van der Waals surface area (Å²) in [5.41, 5.74) is 0. The quantitative estimate of drug-likeness (QED) is 0.547. The van der Waals surface area contributed by atoms with E-state index in [1.165, 1.54) is 13.1 Å². The highest BCUT2D eigenvalue weighted by Crippen LogP contribution is 2.17. The van der Waals surface area contributed by atoms with Crippen molar-refractivity contribution in [1.29, 1.82) is 0 Å². The first-order valence-corrected chi connectivity index (χ1v) is 4.42. The lowest BCUT2D eigenvalue weighted by Crippen LogP contribution is -2.63. The van der Waals surface area contributed by atoms with Gasteiger partial charge in [0.05, 0.1) is 6.10 Å². The lowest BCUT2D eigenvalue weighted by Gasteiger charge is -2.48. The van der Waals surface area contributed by atoms with Gasteiger partial charge in [-0.05, 0) is 6.92 Å². The SMILES string of the molecule is CC(O)C1CN2CCN1CC2. The Morgan fingerprint density at radius 1 is 1.27 bits per heavy atom. The Morgan fingerprint density at radius 3 is 2.18 bits per heavy atom. The maximum absolute atomic E-state index is 9.43. The largest absolute Gasteiger partial charge is 0.392 e. The molecular weight excluding hydrogens is 140 g/mol. The summed E-state index contributed by atoms with van der Waals surface area (Å²) in [6.07, 6.45) is -0.168. The van der Waals surface area contributed by atoms with E-state index in [9.17, 15) is 5.11 Å². The molecule has 0 spiro atoms. The second-order valence-electron chi connectivity index (χ2n) is 3.64. The highest BCUT2D eigenvalue weighted by Gasteiger charge is 2.33. The lowest BCUT2D eigenvalue weighted by molar-refractivity contribution is -0.0397. The van der Waals surface area contributed by atoms with E-state index < -0.39 is 0 Å². The van der Waals surface area contributed by atoms with E-state index in [0.717, 1.165) is 19.6 Å². The molecule has 3 saturated heterocycles. The van der Waals surface area contributed by atoms with E-state index in [1.54, 1.807) is 0 Å². The van der Waals surface area contributed by atoms with Crippen molar-refractivity contribution in [2.45, 2.75) is 19.1 Å². The van der Waals surface area contributed by atoms with Gasteiger partial charge in [0.15, 0.2) is 0 Å². The van der Waals surface area contributed by atoms with Gasteiger partial charge in [0.1, 0.15) is 0 Å². The maximum atomic E-state index is 9.43. The van der Waals surface area contributed by atoms with Crippen LogP contribution in [0.4, 0.5) is 0 Å². The predicted octanol–water partition coefficient (Wildman–Crippen LogP) is -0.633. The topological polar surface area (TPSA) is 26.7 Å². The van der Waals surface area contributed by atoms with Crippen LogP contribution in [0, 0.1) is 0 Å². The maximum Gasteiger partial charge on any atom is 0.0679 e. The van der Waals surface area contributed by atoms with Crippen molar-refractivity contribution in [2.24, 2.45) is 0 Å². The van der Waals surface area contributed by atoms with Crippen molar-refractivity contribution >= 4 is 0 Å². The van der Waals surface area contributed by atoms with E-state index >= 15 is 0 Å². The molecular formula is C8H16N2O. The molecule has 0 aromatic rings. The van der Waals surface area contributed by atoms with E-state index in [0.29, 0.717) is 6.04 Å². The van der Waals surface area contributed by atoms with E-state index in [1.807, 2.05) is 6.92 Å². The van der Waals surface area contributed by atoms with Gasteiger partial charge in [0.2, 0.25) is 0 Å². The molecule has 3 heterocycles. The van der Waals surface area contributed by atoms with Gasteiger partial charge in [-0.3, -0.25) is 9.80 Å². The Hall–Kier alpha value is -0.120. The Kier molecular flexibility index (Phi) is 1.87. The molecule has 0 radical (unpaired) electrons. The third-order valence-corrected chi connectivity index (χ3v) is 2.88. The van der Waals surface area contributed by atoms with E-state index in [4.69, 9.17) is 0 Å². The van der Waals surface area contributed by atoms with Gasteiger partial charge in [-0.2, -0.15) is 0 Å². The van der Waals surface area contributed by atoms with Crippen LogP contribution < -0.4 is 0 Å². The van der Waals surface area contributed by atoms with Crippen molar-refractivity contribution in [3.05, 3.63) is 0 Å². The number of rotatable bonds is 1. The minimum absolute atomic E-state index is 0.168. The van der Waals surface area contributed by atoms with Crippen molar-refractivity contribution in [2.75, 3.05) is 32.7 Å². The molecule has 0 saturated carbocycles. The molecule has 3 fully saturated rings. The fraction of sp³-hybridized carbons (Fsp3) is 1.00. The number of hydrogen-bond acceptors (Lipinski definition) is 3. The molecule has 3 aliphatic heterocycles. The molecule has 0 amide bonds. The summed E-state index contributed by atoms with van der Waals surface area (Å²) in [6, 6.07) is 0.400. The smallest absolute Gasteiger partial charge is 0.0679 e. The second-order valence-corrected chi connectivity index (χ2v) is 3.64. The Balaban J connectivity index is 2.03. The van der Waals surface area contributed by atoms with E-state index in [2.05, 4.69) is 9.80 Å². The molecule has 3 nitrogen and oxygen atoms in total. The van der Waals surface area contributed by atoms with Crippen LogP contribution in [0.15, 0.2) is 0 Å². The molecule has 3 rings (SSSR count). The average molecular weight is 156 g/mol. The molecule has 64 valence electrons. The van der Waals surface area contributed by atoms with Crippen molar-refractivity contribution < 1.29 is 5.11 Å². The van der Waals surface area contributed by atoms with Gasteiger partial charge >= 0.3 is 0 Å². The lowest BCUT2D eigenvalue weighted by atomic mass is 10.0. The summed E-state index contributed by atoms with van der Waals surface area (Å²) < 4.78 is 0. The number of piperazine rings is 3. The zero-order chi connectivity index (χ0) is 7.84. The molecule has 11 heavy (non-hydrogen) atoms. The number of aliphatic hydroxyl groups excluding tert-OH is 1. The Morgan fingerprint density at radius 2 is 1.91 bits per heavy atom. The van der Waals surface area contributed by atoms with Crippen LogP contribution in [-0.4, -0.2) is 59.8 Å². The van der Waals surface area contributed by atoms with Gasteiger partial charge < -0.3 is 5.11 Å². The molecule has 2 bridgehead atoms.